The van der Waals surface area contributed by atoms with Crippen molar-refractivity contribution >= 4 is 39.5 Å². The molecule has 0 heterocycles. The van der Waals surface area contributed by atoms with Crippen LogP contribution in [0, 0.1) is 23.7 Å². The summed E-state index contributed by atoms with van der Waals surface area (Å²) in [6.07, 6.45) is 44.4. The first kappa shape index (κ1) is 89.1. The summed E-state index contributed by atoms with van der Waals surface area (Å²) in [6, 6.07) is 0. The average Bonchev–Trinajstić information content (AvgIpc) is 3.66. The van der Waals surface area contributed by atoms with Crippen LogP contribution in [0.1, 0.15) is 357 Å². The fourth-order valence-electron chi connectivity index (χ4n) is 10.8. The number of aliphatic hydroxyl groups is 1. The first-order chi connectivity index (χ1) is 43.7. The Balaban J connectivity index is 5.24. The van der Waals surface area contributed by atoms with Crippen molar-refractivity contribution in [1.29, 1.82) is 0 Å². The third-order valence-electron chi connectivity index (χ3n) is 17.3. The second-order valence-corrected chi connectivity index (χ2v) is 30.3. The number of carbonyl (C=O) groups is 4. The van der Waals surface area contributed by atoms with Crippen LogP contribution in [0.2, 0.25) is 0 Å². The van der Waals surface area contributed by atoms with Gasteiger partial charge >= 0.3 is 39.5 Å². The predicted molar refractivity (Wildman–Crippen MR) is 367 cm³/mol. The molecule has 7 atom stereocenters. The van der Waals surface area contributed by atoms with Gasteiger partial charge in [0.1, 0.15) is 19.3 Å². The lowest BCUT2D eigenvalue weighted by atomic mass is 9.99. The summed E-state index contributed by atoms with van der Waals surface area (Å²) in [7, 11) is -9.91. The zero-order chi connectivity index (χ0) is 67.5. The third kappa shape index (κ3) is 63.9. The van der Waals surface area contributed by atoms with Gasteiger partial charge in [-0.2, -0.15) is 0 Å². The van der Waals surface area contributed by atoms with E-state index in [4.69, 9.17) is 37.0 Å². The SMILES string of the molecule is CCC(C)CCCCCCCCCCCCC(=O)O[C@H](COC(=O)CCCCCCCCC(C)CC)COP(=O)(O)OC[C@H](O)COP(=O)(O)OC[C@@H](COC(=O)CCCCCCCCCCCCCCCC(C)C)OC(=O)CCCCCCCCCCC(C)C. The van der Waals surface area contributed by atoms with Gasteiger partial charge in [-0.15, -0.1) is 0 Å². The third-order valence-corrected chi connectivity index (χ3v) is 19.2. The van der Waals surface area contributed by atoms with E-state index in [0.717, 1.165) is 120 Å². The zero-order valence-corrected chi connectivity index (χ0v) is 61.3. The molecule has 0 bridgehead atoms. The van der Waals surface area contributed by atoms with E-state index in [2.05, 4.69) is 55.4 Å². The molecule has 0 rings (SSSR count). The van der Waals surface area contributed by atoms with E-state index >= 15 is 0 Å². The van der Waals surface area contributed by atoms with E-state index in [-0.39, 0.29) is 25.7 Å². The second-order valence-electron chi connectivity index (χ2n) is 27.4. The van der Waals surface area contributed by atoms with Gasteiger partial charge in [0.15, 0.2) is 12.2 Å². The Morgan fingerprint density at radius 2 is 0.527 bits per heavy atom. The summed E-state index contributed by atoms with van der Waals surface area (Å²) in [5, 5.41) is 10.6. The summed E-state index contributed by atoms with van der Waals surface area (Å²) in [5.41, 5.74) is 0. The molecule has 0 radical (unpaired) electrons. The molecule has 0 spiro atoms. The Kier molecular flexibility index (Phi) is 60.3. The maximum absolute atomic E-state index is 13.0. The number of carbonyl (C=O) groups excluding carboxylic acids is 4. The maximum atomic E-state index is 13.0. The molecule has 0 saturated carbocycles. The highest BCUT2D eigenvalue weighted by molar-refractivity contribution is 7.47. The van der Waals surface area contributed by atoms with Gasteiger partial charge in [-0.1, -0.05) is 306 Å². The van der Waals surface area contributed by atoms with Gasteiger partial charge in [0.05, 0.1) is 26.4 Å². The normalized spacial score (nSPS) is 14.8. The zero-order valence-electron chi connectivity index (χ0n) is 59.5. The Morgan fingerprint density at radius 3 is 0.780 bits per heavy atom. The van der Waals surface area contributed by atoms with Crippen molar-refractivity contribution in [3.05, 3.63) is 0 Å². The molecule has 0 aliphatic heterocycles. The van der Waals surface area contributed by atoms with E-state index in [1.165, 1.54) is 154 Å². The lowest BCUT2D eigenvalue weighted by Gasteiger charge is -2.21. The van der Waals surface area contributed by atoms with Crippen molar-refractivity contribution < 1.29 is 80.2 Å². The number of rotatable bonds is 69. The lowest BCUT2D eigenvalue weighted by molar-refractivity contribution is -0.161. The van der Waals surface area contributed by atoms with Gasteiger partial charge in [0, 0.05) is 25.7 Å². The van der Waals surface area contributed by atoms with E-state index in [0.29, 0.717) is 25.7 Å². The van der Waals surface area contributed by atoms with Crippen molar-refractivity contribution in [2.45, 2.75) is 375 Å². The van der Waals surface area contributed by atoms with Gasteiger partial charge in [-0.3, -0.25) is 37.3 Å². The standard InChI is InChI=1S/C72H140O17P2/c1-9-64(7)50-42-34-26-19-16-17-21-28-38-46-54-71(76)88-68(59-83-70(75)53-45-37-31-30-35-43-51-65(8)10-2)61-87-91(80,81)85-57-66(73)56-84-90(78,79)86-60-67(89-72(77)55-47-39-29-23-22-25-33-41-49-63(5)6)58-82-69(74)52-44-36-27-20-15-13-11-12-14-18-24-32-40-48-62(3)4/h62-68,73H,9-61H2,1-8H3,(H,78,79)(H,80,81)/t64?,65?,66-,67-,68-/m1/s1. The molecule has 19 heteroatoms. The van der Waals surface area contributed by atoms with Gasteiger partial charge < -0.3 is 33.8 Å². The Morgan fingerprint density at radius 1 is 0.308 bits per heavy atom. The molecule has 0 aromatic rings. The van der Waals surface area contributed by atoms with Crippen LogP contribution in [0.5, 0.6) is 0 Å². The van der Waals surface area contributed by atoms with E-state index in [1.54, 1.807) is 0 Å². The van der Waals surface area contributed by atoms with Crippen LogP contribution < -0.4 is 0 Å². The number of phosphoric ester groups is 2. The monoisotopic (exact) mass is 1340 g/mol. The van der Waals surface area contributed by atoms with Crippen LogP contribution in [0.15, 0.2) is 0 Å². The quantitative estimate of drug-likeness (QED) is 0.0222. The number of unbranched alkanes of at least 4 members (excludes halogenated alkanes) is 33. The van der Waals surface area contributed by atoms with Crippen LogP contribution in [0.25, 0.3) is 0 Å². The molecule has 0 saturated heterocycles. The van der Waals surface area contributed by atoms with Crippen molar-refractivity contribution in [2.75, 3.05) is 39.6 Å². The molecule has 0 aliphatic rings. The summed E-state index contributed by atoms with van der Waals surface area (Å²) >= 11 is 0. The van der Waals surface area contributed by atoms with Crippen LogP contribution in [-0.2, 0) is 65.4 Å². The largest absolute Gasteiger partial charge is 0.472 e. The Hall–Kier alpha value is -1.94. The highest BCUT2D eigenvalue weighted by atomic mass is 31.2. The maximum Gasteiger partial charge on any atom is 0.472 e. The summed E-state index contributed by atoms with van der Waals surface area (Å²) in [6.45, 7) is 14.1. The molecule has 91 heavy (non-hydrogen) atoms. The van der Waals surface area contributed by atoms with Gasteiger partial charge in [0.25, 0.3) is 0 Å². The Bertz CT molecular complexity index is 1800. The molecular weight excluding hydrogens is 1200 g/mol. The minimum absolute atomic E-state index is 0.104. The topological polar surface area (TPSA) is 237 Å². The number of hydrogen-bond donors (Lipinski definition) is 3. The second kappa shape index (κ2) is 61.6. The molecule has 3 N–H and O–H groups in total. The Labute approximate surface area is 556 Å². The summed E-state index contributed by atoms with van der Waals surface area (Å²) in [5.74, 6) is 0.915. The van der Waals surface area contributed by atoms with E-state index in [1.807, 2.05) is 0 Å². The fourth-order valence-corrected chi connectivity index (χ4v) is 12.4. The van der Waals surface area contributed by atoms with Crippen molar-refractivity contribution in [2.24, 2.45) is 23.7 Å². The molecule has 540 valence electrons. The van der Waals surface area contributed by atoms with Crippen molar-refractivity contribution in [3.63, 3.8) is 0 Å². The first-order valence-electron chi connectivity index (χ1n) is 37.3. The molecule has 0 aromatic heterocycles. The van der Waals surface area contributed by atoms with Crippen molar-refractivity contribution in [3.8, 4) is 0 Å². The average molecular weight is 1340 g/mol. The first-order valence-corrected chi connectivity index (χ1v) is 40.3. The number of phosphoric acid groups is 2. The molecule has 0 aromatic carbocycles. The molecule has 0 amide bonds. The number of ether oxygens (including phenoxy) is 4. The smallest absolute Gasteiger partial charge is 0.462 e. The van der Waals surface area contributed by atoms with E-state index < -0.39 is 97.5 Å². The summed E-state index contributed by atoms with van der Waals surface area (Å²) < 4.78 is 68.4. The van der Waals surface area contributed by atoms with Gasteiger partial charge in [0.2, 0.25) is 0 Å². The number of hydrogen-bond acceptors (Lipinski definition) is 15. The minimum Gasteiger partial charge on any atom is -0.462 e. The number of aliphatic hydroxyl groups excluding tert-OH is 1. The van der Waals surface area contributed by atoms with Crippen molar-refractivity contribution in [1.82, 2.24) is 0 Å². The lowest BCUT2D eigenvalue weighted by Crippen LogP contribution is -2.30. The molecular formula is C72H140O17P2. The van der Waals surface area contributed by atoms with Gasteiger partial charge in [-0.05, 0) is 49.4 Å². The van der Waals surface area contributed by atoms with E-state index in [9.17, 15) is 43.2 Å². The predicted octanol–water partition coefficient (Wildman–Crippen LogP) is 20.5. The van der Waals surface area contributed by atoms with Crippen LogP contribution in [-0.4, -0.2) is 96.7 Å². The van der Waals surface area contributed by atoms with Crippen LogP contribution >= 0.6 is 15.6 Å². The summed E-state index contributed by atoms with van der Waals surface area (Å²) in [4.78, 5) is 72.6. The van der Waals surface area contributed by atoms with Crippen LogP contribution in [0.3, 0.4) is 0 Å². The molecule has 4 unspecified atom stereocenters. The minimum atomic E-state index is -4.95. The highest BCUT2D eigenvalue weighted by Crippen LogP contribution is 2.45. The highest BCUT2D eigenvalue weighted by Gasteiger charge is 2.30. The molecule has 0 fully saturated rings. The number of esters is 4. The fraction of sp³-hybridized carbons (Fsp3) is 0.944. The molecule has 17 nitrogen and oxygen atoms in total. The van der Waals surface area contributed by atoms with Gasteiger partial charge in [-0.25, -0.2) is 9.13 Å². The van der Waals surface area contributed by atoms with Crippen LogP contribution in [0.4, 0.5) is 0 Å². The molecule has 0 aliphatic carbocycles.